The van der Waals surface area contributed by atoms with Gasteiger partial charge in [-0.2, -0.15) is 0 Å². The fourth-order valence-corrected chi connectivity index (χ4v) is 3.77. The van der Waals surface area contributed by atoms with Gasteiger partial charge in [-0.15, -0.1) is 12.4 Å². The molecule has 1 heterocycles. The standard InChI is InChI=1S/C12H17NO2S.ClH/c14-16(15,12-6-2-1-3-7-12)10-11-5-4-8-13-9-11;/h1-3,6-7,11,13H,4-5,8-10H2;1H. The second-order valence-electron chi connectivity index (χ2n) is 4.31. The third kappa shape index (κ3) is 3.98. The topological polar surface area (TPSA) is 46.2 Å². The zero-order valence-electron chi connectivity index (χ0n) is 9.63. The number of halogens is 1. The van der Waals surface area contributed by atoms with E-state index < -0.39 is 9.84 Å². The molecule has 1 aliphatic heterocycles. The first-order valence-corrected chi connectivity index (χ1v) is 7.32. The zero-order chi connectivity index (χ0) is 11.4. The molecule has 5 heteroatoms. The van der Waals surface area contributed by atoms with Crippen molar-refractivity contribution >= 4 is 22.2 Å². The van der Waals surface area contributed by atoms with Gasteiger partial charge in [-0.25, -0.2) is 8.42 Å². The fraction of sp³-hybridized carbons (Fsp3) is 0.500. The van der Waals surface area contributed by atoms with E-state index in [1.54, 1.807) is 24.3 Å². The molecule has 1 atom stereocenters. The molecule has 1 N–H and O–H groups in total. The number of sulfone groups is 1. The van der Waals surface area contributed by atoms with Crippen LogP contribution < -0.4 is 5.32 Å². The van der Waals surface area contributed by atoms with Crippen LogP contribution in [-0.2, 0) is 9.84 Å². The Morgan fingerprint density at radius 2 is 1.94 bits per heavy atom. The van der Waals surface area contributed by atoms with Gasteiger partial charge in [-0.1, -0.05) is 18.2 Å². The van der Waals surface area contributed by atoms with Gasteiger partial charge in [-0.05, 0) is 44.0 Å². The van der Waals surface area contributed by atoms with Gasteiger partial charge >= 0.3 is 0 Å². The third-order valence-electron chi connectivity index (χ3n) is 2.96. The predicted molar refractivity (Wildman–Crippen MR) is 71.3 cm³/mol. The molecule has 0 radical (unpaired) electrons. The van der Waals surface area contributed by atoms with Crippen molar-refractivity contribution in [3.8, 4) is 0 Å². The lowest BCUT2D eigenvalue weighted by atomic mass is 10.0. The van der Waals surface area contributed by atoms with Crippen molar-refractivity contribution in [1.82, 2.24) is 5.32 Å². The number of hydrogen-bond donors (Lipinski definition) is 1. The monoisotopic (exact) mass is 275 g/mol. The summed E-state index contributed by atoms with van der Waals surface area (Å²) >= 11 is 0. The number of hydrogen-bond acceptors (Lipinski definition) is 3. The fourth-order valence-electron chi connectivity index (χ4n) is 2.10. The summed E-state index contributed by atoms with van der Waals surface area (Å²) in [5.41, 5.74) is 0. The lowest BCUT2D eigenvalue weighted by Crippen LogP contribution is -2.33. The van der Waals surface area contributed by atoms with Gasteiger partial charge in [0.2, 0.25) is 0 Å². The molecule has 0 amide bonds. The average molecular weight is 276 g/mol. The van der Waals surface area contributed by atoms with Crippen molar-refractivity contribution in [2.24, 2.45) is 5.92 Å². The van der Waals surface area contributed by atoms with Crippen molar-refractivity contribution in [1.29, 1.82) is 0 Å². The smallest absolute Gasteiger partial charge is 0.178 e. The third-order valence-corrected chi connectivity index (χ3v) is 4.86. The Balaban J connectivity index is 0.00000144. The second kappa shape index (κ2) is 6.38. The van der Waals surface area contributed by atoms with E-state index in [4.69, 9.17) is 0 Å². The highest BCUT2D eigenvalue weighted by molar-refractivity contribution is 7.91. The summed E-state index contributed by atoms with van der Waals surface area (Å²) in [5, 5.41) is 3.24. The molecule has 1 unspecified atom stereocenters. The number of piperidine rings is 1. The second-order valence-corrected chi connectivity index (χ2v) is 6.34. The molecule has 0 bridgehead atoms. The van der Waals surface area contributed by atoms with Gasteiger partial charge in [0.25, 0.3) is 0 Å². The minimum atomic E-state index is -3.10. The van der Waals surface area contributed by atoms with Crippen LogP contribution in [0, 0.1) is 5.92 Å². The highest BCUT2D eigenvalue weighted by atomic mass is 35.5. The van der Waals surface area contributed by atoms with Crippen molar-refractivity contribution in [2.75, 3.05) is 18.8 Å². The van der Waals surface area contributed by atoms with Crippen LogP contribution in [0.3, 0.4) is 0 Å². The van der Waals surface area contributed by atoms with Crippen LogP contribution in [0.25, 0.3) is 0 Å². The molecule has 17 heavy (non-hydrogen) atoms. The predicted octanol–water partition coefficient (Wildman–Crippen LogP) is 1.88. The van der Waals surface area contributed by atoms with Crippen LogP contribution in [0.5, 0.6) is 0 Å². The minimum Gasteiger partial charge on any atom is -0.316 e. The highest BCUT2D eigenvalue weighted by Crippen LogP contribution is 2.18. The van der Waals surface area contributed by atoms with Gasteiger partial charge < -0.3 is 5.32 Å². The molecule has 1 saturated heterocycles. The maximum absolute atomic E-state index is 12.1. The van der Waals surface area contributed by atoms with Crippen LogP contribution >= 0.6 is 12.4 Å². The molecule has 96 valence electrons. The van der Waals surface area contributed by atoms with E-state index in [2.05, 4.69) is 5.32 Å². The van der Waals surface area contributed by atoms with E-state index in [0.717, 1.165) is 25.9 Å². The van der Waals surface area contributed by atoms with E-state index in [1.807, 2.05) is 6.07 Å². The molecule has 1 aromatic carbocycles. The maximum Gasteiger partial charge on any atom is 0.178 e. The van der Waals surface area contributed by atoms with Crippen LogP contribution in [0.2, 0.25) is 0 Å². The van der Waals surface area contributed by atoms with Crippen LogP contribution in [0.4, 0.5) is 0 Å². The molecular weight excluding hydrogens is 258 g/mol. The Morgan fingerprint density at radius 1 is 1.24 bits per heavy atom. The van der Waals surface area contributed by atoms with Crippen molar-refractivity contribution in [2.45, 2.75) is 17.7 Å². The molecule has 1 aromatic rings. The zero-order valence-corrected chi connectivity index (χ0v) is 11.3. The number of nitrogens with one attached hydrogen (secondary N) is 1. The number of benzene rings is 1. The van der Waals surface area contributed by atoms with Crippen molar-refractivity contribution < 1.29 is 8.42 Å². The largest absolute Gasteiger partial charge is 0.316 e. The molecule has 0 saturated carbocycles. The SMILES string of the molecule is Cl.O=S(=O)(CC1CCCNC1)c1ccccc1. The lowest BCUT2D eigenvalue weighted by Gasteiger charge is -2.22. The van der Waals surface area contributed by atoms with E-state index in [9.17, 15) is 8.42 Å². The molecular formula is C12H18ClNO2S. The van der Waals surface area contributed by atoms with Crippen molar-refractivity contribution in [3.63, 3.8) is 0 Å². The summed E-state index contributed by atoms with van der Waals surface area (Å²) in [6.07, 6.45) is 2.09. The summed E-state index contributed by atoms with van der Waals surface area (Å²) in [5.74, 6) is 0.531. The summed E-state index contributed by atoms with van der Waals surface area (Å²) in [6, 6.07) is 8.72. The Bertz CT molecular complexity index is 427. The highest BCUT2D eigenvalue weighted by Gasteiger charge is 2.22. The maximum atomic E-state index is 12.1. The molecule has 0 aromatic heterocycles. The van der Waals surface area contributed by atoms with Gasteiger partial charge in [0.1, 0.15) is 0 Å². The van der Waals surface area contributed by atoms with Gasteiger partial charge in [0.05, 0.1) is 10.6 Å². The summed E-state index contributed by atoms with van der Waals surface area (Å²) in [7, 11) is -3.10. The Kier molecular flexibility index (Phi) is 5.43. The summed E-state index contributed by atoms with van der Waals surface area (Å²) in [4.78, 5) is 0.445. The van der Waals surface area contributed by atoms with E-state index in [1.165, 1.54) is 0 Å². The molecule has 2 rings (SSSR count). The first-order valence-electron chi connectivity index (χ1n) is 5.67. The van der Waals surface area contributed by atoms with Gasteiger partial charge in [-0.3, -0.25) is 0 Å². The van der Waals surface area contributed by atoms with Crippen molar-refractivity contribution in [3.05, 3.63) is 30.3 Å². The van der Waals surface area contributed by atoms with E-state index in [0.29, 0.717) is 4.90 Å². The minimum absolute atomic E-state index is 0. The van der Waals surface area contributed by atoms with Gasteiger partial charge in [0.15, 0.2) is 9.84 Å². The average Bonchev–Trinajstić information content (AvgIpc) is 2.31. The first-order chi connectivity index (χ1) is 7.68. The van der Waals surface area contributed by atoms with Crippen LogP contribution in [-0.4, -0.2) is 27.3 Å². The molecule has 0 aliphatic carbocycles. The van der Waals surface area contributed by atoms with Crippen LogP contribution in [0.15, 0.2) is 35.2 Å². The first kappa shape index (κ1) is 14.5. The summed E-state index contributed by atoms with van der Waals surface area (Å²) < 4.78 is 24.1. The molecule has 0 spiro atoms. The number of rotatable bonds is 3. The Morgan fingerprint density at radius 3 is 2.53 bits per heavy atom. The Labute approximate surface area is 109 Å². The molecule has 1 fully saturated rings. The normalized spacial score (nSPS) is 20.6. The van der Waals surface area contributed by atoms with E-state index in [-0.39, 0.29) is 24.1 Å². The summed E-state index contributed by atoms with van der Waals surface area (Å²) in [6.45, 7) is 1.84. The molecule has 1 aliphatic rings. The molecule has 3 nitrogen and oxygen atoms in total. The Hall–Kier alpha value is -0.580. The van der Waals surface area contributed by atoms with Gasteiger partial charge in [0, 0.05) is 0 Å². The quantitative estimate of drug-likeness (QED) is 0.916. The van der Waals surface area contributed by atoms with Crippen LogP contribution in [0.1, 0.15) is 12.8 Å². The van der Waals surface area contributed by atoms with E-state index >= 15 is 0 Å². The lowest BCUT2D eigenvalue weighted by molar-refractivity contribution is 0.404.